The van der Waals surface area contributed by atoms with Crippen molar-refractivity contribution >= 4 is 17.5 Å². The highest BCUT2D eigenvalue weighted by Crippen LogP contribution is 2.28. The normalized spacial score (nSPS) is 18.4. The summed E-state index contributed by atoms with van der Waals surface area (Å²) in [5.74, 6) is -0.249. The predicted molar refractivity (Wildman–Crippen MR) is 127 cm³/mol. The van der Waals surface area contributed by atoms with E-state index in [1.54, 1.807) is 9.58 Å². The maximum Gasteiger partial charge on any atom is 0.276 e. The van der Waals surface area contributed by atoms with Crippen molar-refractivity contribution in [2.45, 2.75) is 45.9 Å². The molecule has 1 saturated heterocycles. The summed E-state index contributed by atoms with van der Waals surface area (Å²) < 4.78 is 7.84. The first-order valence-electron chi connectivity index (χ1n) is 11.8. The molecule has 0 saturated carbocycles. The third kappa shape index (κ3) is 4.59. The molecule has 8 heteroatoms. The fraction of sp³-hybridized carbons (Fsp3) is 0.385. The molecule has 2 aliphatic rings. The van der Waals surface area contributed by atoms with E-state index in [1.165, 1.54) is 5.56 Å². The van der Waals surface area contributed by atoms with Crippen molar-refractivity contribution in [3.63, 3.8) is 0 Å². The van der Waals surface area contributed by atoms with Gasteiger partial charge in [-0.3, -0.25) is 9.59 Å². The van der Waals surface area contributed by atoms with E-state index >= 15 is 0 Å². The number of rotatable bonds is 4. The lowest BCUT2D eigenvalue weighted by molar-refractivity contribution is -0.121. The number of likely N-dealkylation sites (tertiary alicyclic amines) is 1. The number of carbonyl (C=O) groups is 2. The molecule has 1 atom stereocenters. The number of piperidine rings is 1. The van der Waals surface area contributed by atoms with Crippen molar-refractivity contribution in [3.8, 4) is 0 Å². The van der Waals surface area contributed by atoms with Crippen LogP contribution in [0.2, 0.25) is 0 Å². The Hall–Kier alpha value is -3.52. The molecular weight excluding hydrogens is 430 g/mol. The second kappa shape index (κ2) is 9.38. The van der Waals surface area contributed by atoms with Gasteiger partial charge in [0.25, 0.3) is 5.91 Å². The van der Waals surface area contributed by atoms with E-state index in [9.17, 15) is 9.59 Å². The summed E-state index contributed by atoms with van der Waals surface area (Å²) in [5.41, 5.74) is 5.30. The van der Waals surface area contributed by atoms with Crippen LogP contribution in [0.4, 0.5) is 5.69 Å². The molecule has 2 aromatic carbocycles. The molecule has 0 spiro atoms. The van der Waals surface area contributed by atoms with Gasteiger partial charge in [-0.25, -0.2) is 4.68 Å². The molecule has 2 amide bonds. The van der Waals surface area contributed by atoms with Crippen LogP contribution in [0.1, 0.15) is 51.8 Å². The van der Waals surface area contributed by atoms with E-state index in [0.29, 0.717) is 50.5 Å². The Balaban J connectivity index is 1.18. The number of amides is 2. The summed E-state index contributed by atoms with van der Waals surface area (Å²) in [6.07, 6.45) is 1.14. The Morgan fingerprint density at radius 1 is 0.971 bits per heavy atom. The van der Waals surface area contributed by atoms with Crippen molar-refractivity contribution in [1.82, 2.24) is 19.9 Å². The zero-order chi connectivity index (χ0) is 23.7. The SMILES string of the molecule is Cc1ccc(NC(=O)C2CCN(C(=O)c3nnn4c3CO[C@@H](c3ccc(C)cc3)C4)CC2)cc1. The van der Waals surface area contributed by atoms with Gasteiger partial charge in [-0.1, -0.05) is 52.7 Å². The maximum absolute atomic E-state index is 13.2. The Kier molecular flexibility index (Phi) is 6.15. The first-order chi connectivity index (χ1) is 16.5. The minimum absolute atomic E-state index is 0.00698. The van der Waals surface area contributed by atoms with Crippen LogP contribution in [0.3, 0.4) is 0 Å². The van der Waals surface area contributed by atoms with E-state index in [1.807, 2.05) is 31.2 Å². The van der Waals surface area contributed by atoms with Gasteiger partial charge in [0.15, 0.2) is 5.69 Å². The molecule has 1 aromatic heterocycles. The highest BCUT2D eigenvalue weighted by atomic mass is 16.5. The van der Waals surface area contributed by atoms with Crippen LogP contribution < -0.4 is 5.32 Å². The van der Waals surface area contributed by atoms with Crippen molar-refractivity contribution < 1.29 is 14.3 Å². The highest BCUT2D eigenvalue weighted by molar-refractivity contribution is 5.94. The average Bonchev–Trinajstić information content (AvgIpc) is 3.29. The predicted octanol–water partition coefficient (Wildman–Crippen LogP) is 3.66. The number of hydrogen-bond acceptors (Lipinski definition) is 5. The average molecular weight is 460 g/mol. The lowest BCUT2D eigenvalue weighted by Gasteiger charge is -2.31. The number of nitrogens with one attached hydrogen (secondary N) is 1. The molecule has 2 aliphatic heterocycles. The molecule has 3 heterocycles. The number of hydrogen-bond donors (Lipinski definition) is 1. The summed E-state index contributed by atoms with van der Waals surface area (Å²) in [7, 11) is 0. The van der Waals surface area contributed by atoms with Crippen LogP contribution in [0.15, 0.2) is 48.5 Å². The number of ether oxygens (including phenoxy) is 1. The van der Waals surface area contributed by atoms with Crippen molar-refractivity contribution in [1.29, 1.82) is 0 Å². The number of nitrogens with zero attached hydrogens (tertiary/aromatic N) is 4. The van der Waals surface area contributed by atoms with Gasteiger partial charge in [-0.2, -0.15) is 0 Å². The number of aryl methyl sites for hydroxylation is 2. The smallest absolute Gasteiger partial charge is 0.276 e. The van der Waals surface area contributed by atoms with Crippen LogP contribution in [-0.4, -0.2) is 44.8 Å². The maximum atomic E-state index is 13.2. The quantitative estimate of drug-likeness (QED) is 0.643. The lowest BCUT2D eigenvalue weighted by Crippen LogP contribution is -2.42. The summed E-state index contributed by atoms with van der Waals surface area (Å²) in [6.45, 7) is 5.92. The van der Waals surface area contributed by atoms with Crippen LogP contribution in [-0.2, 0) is 22.7 Å². The number of aromatic nitrogens is 3. The Labute approximate surface area is 198 Å². The Morgan fingerprint density at radius 2 is 1.62 bits per heavy atom. The number of fused-ring (bicyclic) bond motifs is 1. The van der Waals surface area contributed by atoms with Gasteiger partial charge in [0.1, 0.15) is 6.10 Å². The standard InChI is InChI=1S/C26H29N5O3/c1-17-3-7-19(8-4-17)23-15-31-22(16-34-23)24(28-29-31)26(33)30-13-11-20(12-14-30)25(32)27-21-9-5-18(2)6-10-21/h3-10,20,23H,11-16H2,1-2H3,(H,27,32)/t23-/m1/s1. The zero-order valence-corrected chi connectivity index (χ0v) is 19.5. The second-order valence-electron chi connectivity index (χ2n) is 9.20. The zero-order valence-electron chi connectivity index (χ0n) is 19.5. The molecular formula is C26H29N5O3. The van der Waals surface area contributed by atoms with E-state index in [2.05, 4.69) is 46.8 Å². The number of benzene rings is 2. The third-order valence-corrected chi connectivity index (χ3v) is 6.72. The third-order valence-electron chi connectivity index (χ3n) is 6.72. The molecule has 34 heavy (non-hydrogen) atoms. The van der Waals surface area contributed by atoms with Crippen LogP contribution in [0, 0.1) is 19.8 Å². The molecule has 8 nitrogen and oxygen atoms in total. The topological polar surface area (TPSA) is 89.4 Å². The van der Waals surface area contributed by atoms with Crippen LogP contribution >= 0.6 is 0 Å². The van der Waals surface area contributed by atoms with Crippen LogP contribution in [0.25, 0.3) is 0 Å². The second-order valence-corrected chi connectivity index (χ2v) is 9.20. The summed E-state index contributed by atoms with van der Waals surface area (Å²) in [6, 6.07) is 16.0. The van der Waals surface area contributed by atoms with Gasteiger partial charge in [-0.05, 0) is 44.4 Å². The van der Waals surface area contributed by atoms with Crippen molar-refractivity contribution in [3.05, 3.63) is 76.6 Å². The molecule has 3 aromatic rings. The van der Waals surface area contributed by atoms with Gasteiger partial charge in [0.05, 0.1) is 18.8 Å². The van der Waals surface area contributed by atoms with E-state index in [0.717, 1.165) is 16.8 Å². The fourth-order valence-electron chi connectivity index (χ4n) is 4.54. The van der Waals surface area contributed by atoms with Crippen molar-refractivity contribution in [2.24, 2.45) is 5.92 Å². The van der Waals surface area contributed by atoms with Crippen LogP contribution in [0.5, 0.6) is 0 Å². The minimum Gasteiger partial charge on any atom is -0.365 e. The summed E-state index contributed by atoms with van der Waals surface area (Å²) in [5, 5.41) is 11.4. The highest BCUT2D eigenvalue weighted by Gasteiger charge is 2.33. The Morgan fingerprint density at radius 3 is 2.29 bits per heavy atom. The lowest BCUT2D eigenvalue weighted by atomic mass is 9.95. The summed E-state index contributed by atoms with van der Waals surface area (Å²) >= 11 is 0. The van der Waals surface area contributed by atoms with Gasteiger partial charge in [-0.15, -0.1) is 5.10 Å². The molecule has 1 fully saturated rings. The van der Waals surface area contributed by atoms with E-state index in [4.69, 9.17) is 4.74 Å². The van der Waals surface area contributed by atoms with Gasteiger partial charge >= 0.3 is 0 Å². The Bertz CT molecular complexity index is 1180. The first kappa shape index (κ1) is 22.3. The minimum atomic E-state index is -0.143. The molecule has 176 valence electrons. The molecule has 0 bridgehead atoms. The molecule has 5 rings (SSSR count). The van der Waals surface area contributed by atoms with E-state index in [-0.39, 0.29) is 23.8 Å². The molecule has 0 unspecified atom stereocenters. The number of anilines is 1. The van der Waals surface area contributed by atoms with E-state index < -0.39 is 0 Å². The van der Waals surface area contributed by atoms with Gasteiger partial charge in [0, 0.05) is 24.7 Å². The fourth-order valence-corrected chi connectivity index (χ4v) is 4.54. The monoisotopic (exact) mass is 459 g/mol. The van der Waals surface area contributed by atoms with Gasteiger partial charge < -0.3 is 15.0 Å². The summed E-state index contributed by atoms with van der Waals surface area (Å²) in [4.78, 5) is 27.6. The van der Waals surface area contributed by atoms with Gasteiger partial charge in [0.2, 0.25) is 5.91 Å². The largest absolute Gasteiger partial charge is 0.365 e. The number of carbonyl (C=O) groups excluding carboxylic acids is 2. The molecule has 0 aliphatic carbocycles. The first-order valence-corrected chi connectivity index (χ1v) is 11.8. The molecule has 0 radical (unpaired) electrons. The molecule has 1 N–H and O–H groups in total. The van der Waals surface area contributed by atoms with Crippen molar-refractivity contribution in [2.75, 3.05) is 18.4 Å².